The Morgan fingerprint density at radius 1 is 1.32 bits per heavy atom. The van der Waals surface area contributed by atoms with E-state index in [1.165, 1.54) is 23.9 Å². The average molecular weight is 300 g/mol. The number of nitrogens with zero attached hydrogens (tertiary/aromatic N) is 2. The zero-order valence-electron chi connectivity index (χ0n) is 10.5. The molecule has 19 heavy (non-hydrogen) atoms. The topological polar surface area (TPSA) is 66.1 Å². The Labute approximate surface area is 117 Å². The first-order valence-corrected chi connectivity index (χ1v) is 7.46. The number of hydrogen-bond donors (Lipinski definition) is 1. The van der Waals surface area contributed by atoms with Crippen LogP contribution >= 0.6 is 11.6 Å². The zero-order valence-corrected chi connectivity index (χ0v) is 12.1. The van der Waals surface area contributed by atoms with Crippen LogP contribution in [-0.4, -0.2) is 29.7 Å². The molecule has 0 aliphatic carbocycles. The summed E-state index contributed by atoms with van der Waals surface area (Å²) < 4.78 is 25.9. The van der Waals surface area contributed by atoms with E-state index in [2.05, 4.69) is 9.97 Å². The monoisotopic (exact) mass is 299 g/mol. The molecule has 7 heteroatoms. The molecule has 0 radical (unpaired) electrons. The Morgan fingerprint density at radius 2 is 1.95 bits per heavy atom. The van der Waals surface area contributed by atoms with Gasteiger partial charge in [-0.25, -0.2) is 13.4 Å². The van der Waals surface area contributed by atoms with Gasteiger partial charge in [-0.1, -0.05) is 23.7 Å². The lowest BCUT2D eigenvalue weighted by atomic mass is 10.1. The lowest BCUT2D eigenvalue weighted by Gasteiger charge is -2.23. The van der Waals surface area contributed by atoms with Gasteiger partial charge in [0.05, 0.1) is 12.5 Å². The molecule has 2 rings (SSSR count). The summed E-state index contributed by atoms with van der Waals surface area (Å²) in [5, 5.41) is 0.700. The summed E-state index contributed by atoms with van der Waals surface area (Å²) in [5.41, 5.74) is 0.870. The lowest BCUT2D eigenvalue weighted by Crippen LogP contribution is -2.30. The molecule has 0 amide bonds. The number of hydrogen-bond acceptors (Lipinski definition) is 3. The molecular formula is C12H14ClN3O2S. The molecule has 1 N–H and O–H groups in total. The van der Waals surface area contributed by atoms with Crippen LogP contribution in [0.25, 0.3) is 0 Å². The highest BCUT2D eigenvalue weighted by Crippen LogP contribution is 2.25. The van der Waals surface area contributed by atoms with Crippen molar-refractivity contribution in [2.45, 2.75) is 18.0 Å². The number of halogens is 1. The second-order valence-corrected chi connectivity index (χ2v) is 6.57. The molecule has 0 aliphatic rings. The molecule has 0 saturated heterocycles. The first-order chi connectivity index (χ1) is 8.93. The van der Waals surface area contributed by atoms with Gasteiger partial charge in [-0.2, -0.15) is 4.31 Å². The quantitative estimate of drug-likeness (QED) is 0.943. The van der Waals surface area contributed by atoms with Gasteiger partial charge < -0.3 is 4.98 Å². The summed E-state index contributed by atoms with van der Waals surface area (Å²) in [7, 11) is -2.03. The van der Waals surface area contributed by atoms with Crippen LogP contribution in [0.4, 0.5) is 0 Å². The number of benzene rings is 1. The molecule has 1 aromatic heterocycles. The van der Waals surface area contributed by atoms with Crippen molar-refractivity contribution in [3.63, 3.8) is 0 Å². The fraction of sp³-hybridized carbons (Fsp3) is 0.250. The van der Waals surface area contributed by atoms with Crippen molar-refractivity contribution in [3.8, 4) is 0 Å². The third-order valence-electron chi connectivity index (χ3n) is 3.03. The molecule has 1 heterocycles. The Morgan fingerprint density at radius 3 is 2.47 bits per heavy atom. The number of rotatable bonds is 4. The van der Waals surface area contributed by atoms with E-state index in [-0.39, 0.29) is 11.1 Å². The van der Waals surface area contributed by atoms with Crippen LogP contribution in [0.3, 0.4) is 0 Å². The molecule has 0 saturated carbocycles. The van der Waals surface area contributed by atoms with Crippen LogP contribution in [0.15, 0.2) is 41.8 Å². The van der Waals surface area contributed by atoms with E-state index in [1.807, 2.05) is 19.1 Å². The highest BCUT2D eigenvalue weighted by Gasteiger charge is 2.27. The molecule has 2 aromatic rings. The van der Waals surface area contributed by atoms with Crippen LogP contribution in [0, 0.1) is 0 Å². The largest absolute Gasteiger partial charge is 0.335 e. The molecule has 0 fully saturated rings. The average Bonchev–Trinajstić information content (AvgIpc) is 2.92. The number of nitrogens with one attached hydrogen (secondary N) is 1. The van der Waals surface area contributed by atoms with Gasteiger partial charge in [0.1, 0.15) is 0 Å². The van der Waals surface area contributed by atoms with E-state index in [1.54, 1.807) is 12.1 Å². The highest BCUT2D eigenvalue weighted by atomic mass is 35.5. The van der Waals surface area contributed by atoms with Crippen molar-refractivity contribution in [2.24, 2.45) is 0 Å². The minimum absolute atomic E-state index is 0.0795. The van der Waals surface area contributed by atoms with Gasteiger partial charge in [0.2, 0.25) is 0 Å². The van der Waals surface area contributed by atoms with E-state index in [0.717, 1.165) is 5.56 Å². The number of aromatic amines is 1. The van der Waals surface area contributed by atoms with E-state index in [4.69, 9.17) is 11.6 Å². The Balaban J connectivity index is 2.29. The van der Waals surface area contributed by atoms with Crippen molar-refractivity contribution >= 4 is 21.6 Å². The maximum Gasteiger partial charge on any atom is 0.260 e. The van der Waals surface area contributed by atoms with Gasteiger partial charge in [0.25, 0.3) is 10.0 Å². The van der Waals surface area contributed by atoms with Gasteiger partial charge in [-0.05, 0) is 24.6 Å². The first-order valence-electron chi connectivity index (χ1n) is 5.65. The minimum Gasteiger partial charge on any atom is -0.335 e. The fourth-order valence-corrected chi connectivity index (χ4v) is 3.07. The summed E-state index contributed by atoms with van der Waals surface area (Å²) in [6, 6.07) is 6.80. The molecule has 5 nitrogen and oxygen atoms in total. The predicted octanol–water partition coefficient (Wildman–Crippen LogP) is 2.44. The standard InChI is InChI=1S/C12H14ClN3O2S/c1-9(10-3-5-11(13)6-4-10)16(2)19(17,18)12-7-14-8-15-12/h3-9H,1-2H3,(H,14,15). The van der Waals surface area contributed by atoms with Gasteiger partial charge in [0, 0.05) is 18.1 Å². The maximum atomic E-state index is 12.3. The van der Waals surface area contributed by atoms with Crippen molar-refractivity contribution in [1.29, 1.82) is 0 Å². The summed E-state index contributed by atoms with van der Waals surface area (Å²) in [5.74, 6) is 0. The second kappa shape index (κ2) is 5.32. The number of imidazole rings is 1. The van der Waals surface area contributed by atoms with Gasteiger partial charge in [0.15, 0.2) is 5.03 Å². The lowest BCUT2D eigenvalue weighted by molar-refractivity contribution is 0.397. The van der Waals surface area contributed by atoms with Crippen LogP contribution in [0.5, 0.6) is 0 Å². The molecule has 102 valence electrons. The summed E-state index contributed by atoms with van der Waals surface area (Å²) in [6.07, 6.45) is 2.63. The molecule has 1 unspecified atom stereocenters. The van der Waals surface area contributed by atoms with Gasteiger partial charge in [-0.3, -0.25) is 0 Å². The third kappa shape index (κ3) is 2.80. The van der Waals surface area contributed by atoms with E-state index < -0.39 is 10.0 Å². The predicted molar refractivity (Wildman–Crippen MR) is 73.4 cm³/mol. The number of sulfonamides is 1. The van der Waals surface area contributed by atoms with Crippen molar-refractivity contribution in [1.82, 2.24) is 14.3 Å². The van der Waals surface area contributed by atoms with Crippen molar-refractivity contribution in [2.75, 3.05) is 7.05 Å². The van der Waals surface area contributed by atoms with Crippen molar-refractivity contribution in [3.05, 3.63) is 47.4 Å². The van der Waals surface area contributed by atoms with E-state index >= 15 is 0 Å². The number of H-pyrrole nitrogens is 1. The van der Waals surface area contributed by atoms with E-state index in [0.29, 0.717) is 5.02 Å². The van der Waals surface area contributed by atoms with Crippen LogP contribution < -0.4 is 0 Å². The molecule has 0 aliphatic heterocycles. The second-order valence-electron chi connectivity index (χ2n) is 4.16. The smallest absolute Gasteiger partial charge is 0.260 e. The summed E-state index contributed by atoms with van der Waals surface area (Å²) in [6.45, 7) is 1.82. The molecular weight excluding hydrogens is 286 g/mol. The summed E-state index contributed by atoms with van der Waals surface area (Å²) in [4.78, 5) is 6.35. The fourth-order valence-electron chi connectivity index (χ4n) is 1.70. The van der Waals surface area contributed by atoms with Gasteiger partial charge >= 0.3 is 0 Å². The number of aromatic nitrogens is 2. The first kappa shape index (κ1) is 14.0. The van der Waals surface area contributed by atoms with E-state index in [9.17, 15) is 8.42 Å². The molecule has 1 atom stereocenters. The SMILES string of the molecule is CC(c1ccc(Cl)cc1)N(C)S(=O)(=O)c1cnc[nH]1. The summed E-state index contributed by atoms with van der Waals surface area (Å²) >= 11 is 5.82. The van der Waals surface area contributed by atoms with Crippen LogP contribution in [0.1, 0.15) is 18.5 Å². The third-order valence-corrected chi connectivity index (χ3v) is 5.13. The van der Waals surface area contributed by atoms with Gasteiger partial charge in [-0.15, -0.1) is 0 Å². The highest BCUT2D eigenvalue weighted by molar-refractivity contribution is 7.89. The Hall–Kier alpha value is -1.37. The zero-order chi connectivity index (χ0) is 14.0. The van der Waals surface area contributed by atoms with Crippen LogP contribution in [-0.2, 0) is 10.0 Å². The Kier molecular flexibility index (Phi) is 3.93. The van der Waals surface area contributed by atoms with Crippen molar-refractivity contribution < 1.29 is 8.42 Å². The molecule has 0 bridgehead atoms. The molecule has 0 spiro atoms. The Bertz CT molecular complexity index is 638. The normalized spacial score (nSPS) is 13.7. The molecule has 1 aromatic carbocycles. The van der Waals surface area contributed by atoms with Crippen LogP contribution in [0.2, 0.25) is 5.02 Å². The maximum absolute atomic E-state index is 12.3. The minimum atomic E-state index is -3.57.